The Balaban J connectivity index is 2.22. The van der Waals surface area contributed by atoms with Gasteiger partial charge in [0.2, 0.25) is 11.8 Å². The smallest absolute Gasteiger partial charge is 0.243 e. The third-order valence-electron chi connectivity index (χ3n) is 3.96. The van der Waals surface area contributed by atoms with Crippen molar-refractivity contribution in [3.63, 3.8) is 0 Å². The van der Waals surface area contributed by atoms with Crippen LogP contribution in [0.5, 0.6) is 11.5 Å². The van der Waals surface area contributed by atoms with Gasteiger partial charge in [0.05, 0.1) is 20.8 Å². The van der Waals surface area contributed by atoms with Gasteiger partial charge in [0, 0.05) is 24.7 Å². The Bertz CT molecular complexity index is 804. The maximum atomic E-state index is 12.8. The molecule has 0 saturated heterocycles. The van der Waals surface area contributed by atoms with Gasteiger partial charge in [-0.2, -0.15) is 0 Å². The highest BCUT2D eigenvalue weighted by atomic mass is 16.5. The SMILES string of the molecule is C=CC(=O)NCCC(=O)N(Cc1cccc(OC)c1)c1cccc(OC)c1. The van der Waals surface area contributed by atoms with Gasteiger partial charge in [-0.3, -0.25) is 9.59 Å². The van der Waals surface area contributed by atoms with Crippen LogP contribution in [-0.4, -0.2) is 32.6 Å². The number of nitrogens with one attached hydrogen (secondary N) is 1. The van der Waals surface area contributed by atoms with Crippen LogP contribution in [0.25, 0.3) is 0 Å². The molecular weight excluding hydrogens is 344 g/mol. The van der Waals surface area contributed by atoms with E-state index in [4.69, 9.17) is 9.47 Å². The molecule has 0 fully saturated rings. The lowest BCUT2D eigenvalue weighted by Gasteiger charge is -2.24. The summed E-state index contributed by atoms with van der Waals surface area (Å²) in [5.41, 5.74) is 1.65. The summed E-state index contributed by atoms with van der Waals surface area (Å²) in [5, 5.41) is 2.63. The summed E-state index contributed by atoms with van der Waals surface area (Å²) in [7, 11) is 3.19. The minimum atomic E-state index is -0.302. The van der Waals surface area contributed by atoms with Gasteiger partial charge >= 0.3 is 0 Å². The van der Waals surface area contributed by atoms with E-state index in [1.165, 1.54) is 6.08 Å². The van der Waals surface area contributed by atoms with Gasteiger partial charge in [-0.1, -0.05) is 24.8 Å². The third-order valence-corrected chi connectivity index (χ3v) is 3.96. The average molecular weight is 368 g/mol. The molecule has 0 atom stereocenters. The molecule has 0 radical (unpaired) electrons. The van der Waals surface area contributed by atoms with Crippen LogP contribution in [0, 0.1) is 0 Å². The predicted octanol–water partition coefficient (Wildman–Crippen LogP) is 2.93. The van der Waals surface area contributed by atoms with Gasteiger partial charge in [-0.25, -0.2) is 0 Å². The maximum absolute atomic E-state index is 12.8. The summed E-state index contributed by atoms with van der Waals surface area (Å²) in [6.07, 6.45) is 1.35. The van der Waals surface area contributed by atoms with Crippen LogP contribution >= 0.6 is 0 Å². The summed E-state index contributed by atoms with van der Waals surface area (Å²) in [5.74, 6) is 0.971. The molecule has 0 bridgehead atoms. The Morgan fingerprint density at radius 1 is 1.07 bits per heavy atom. The van der Waals surface area contributed by atoms with Crippen LogP contribution in [0.2, 0.25) is 0 Å². The highest BCUT2D eigenvalue weighted by molar-refractivity contribution is 5.94. The number of benzene rings is 2. The number of ether oxygens (including phenoxy) is 2. The number of nitrogens with zero attached hydrogens (tertiary/aromatic N) is 1. The number of anilines is 1. The van der Waals surface area contributed by atoms with E-state index in [9.17, 15) is 9.59 Å². The molecule has 1 N–H and O–H groups in total. The van der Waals surface area contributed by atoms with Crippen LogP contribution in [0.15, 0.2) is 61.2 Å². The molecule has 0 aliphatic rings. The molecular formula is C21H24N2O4. The molecule has 0 aliphatic heterocycles. The van der Waals surface area contributed by atoms with Crippen LogP contribution in [-0.2, 0) is 16.1 Å². The quantitative estimate of drug-likeness (QED) is 0.691. The van der Waals surface area contributed by atoms with E-state index in [0.29, 0.717) is 12.3 Å². The first-order valence-corrected chi connectivity index (χ1v) is 8.55. The lowest BCUT2D eigenvalue weighted by Crippen LogP contribution is -2.34. The fraction of sp³-hybridized carbons (Fsp3) is 0.238. The fourth-order valence-corrected chi connectivity index (χ4v) is 2.55. The van der Waals surface area contributed by atoms with E-state index >= 15 is 0 Å². The molecule has 2 aromatic rings. The van der Waals surface area contributed by atoms with Crippen LogP contribution in [0.4, 0.5) is 5.69 Å². The Hall–Kier alpha value is -3.28. The zero-order valence-electron chi connectivity index (χ0n) is 15.6. The standard InChI is InChI=1S/C21H24N2O4/c1-4-20(24)22-12-11-21(25)23(17-8-6-10-19(14-17)27-3)15-16-7-5-9-18(13-16)26-2/h4-10,13-14H,1,11-12,15H2,2-3H3,(H,22,24). The molecule has 142 valence electrons. The molecule has 27 heavy (non-hydrogen) atoms. The van der Waals surface area contributed by atoms with E-state index in [2.05, 4.69) is 11.9 Å². The average Bonchev–Trinajstić information content (AvgIpc) is 2.71. The minimum Gasteiger partial charge on any atom is -0.497 e. The maximum Gasteiger partial charge on any atom is 0.243 e. The highest BCUT2D eigenvalue weighted by Gasteiger charge is 2.17. The Morgan fingerprint density at radius 3 is 2.41 bits per heavy atom. The minimum absolute atomic E-state index is 0.115. The van der Waals surface area contributed by atoms with Crippen molar-refractivity contribution < 1.29 is 19.1 Å². The monoisotopic (exact) mass is 368 g/mol. The Labute approximate surface area is 159 Å². The summed E-state index contributed by atoms with van der Waals surface area (Å²) < 4.78 is 10.5. The third kappa shape index (κ3) is 5.88. The van der Waals surface area contributed by atoms with Crippen molar-refractivity contribution in [3.05, 3.63) is 66.7 Å². The topological polar surface area (TPSA) is 67.9 Å². The van der Waals surface area contributed by atoms with Gasteiger partial charge in [-0.15, -0.1) is 0 Å². The molecule has 2 rings (SSSR count). The second-order valence-corrected chi connectivity index (χ2v) is 5.78. The van der Waals surface area contributed by atoms with E-state index in [-0.39, 0.29) is 24.8 Å². The Kier molecular flexibility index (Phi) is 7.43. The summed E-state index contributed by atoms with van der Waals surface area (Å²) in [4.78, 5) is 25.8. The van der Waals surface area contributed by atoms with Crippen molar-refractivity contribution in [3.8, 4) is 11.5 Å². The number of carbonyl (C=O) groups excluding carboxylic acids is 2. The first-order chi connectivity index (χ1) is 13.1. The molecule has 2 aromatic carbocycles. The van der Waals surface area contributed by atoms with Crippen molar-refractivity contribution in [1.82, 2.24) is 5.32 Å². The van der Waals surface area contributed by atoms with Gasteiger partial charge < -0.3 is 19.7 Å². The molecule has 0 spiro atoms. The largest absolute Gasteiger partial charge is 0.497 e. The van der Waals surface area contributed by atoms with Crippen molar-refractivity contribution in [2.45, 2.75) is 13.0 Å². The molecule has 0 saturated carbocycles. The second kappa shape index (κ2) is 10.0. The van der Waals surface area contributed by atoms with Gasteiger partial charge in [-0.05, 0) is 35.9 Å². The summed E-state index contributed by atoms with van der Waals surface area (Å²) >= 11 is 0. The van der Waals surface area contributed by atoms with Gasteiger partial charge in [0.1, 0.15) is 11.5 Å². The summed E-state index contributed by atoms with van der Waals surface area (Å²) in [6.45, 7) is 4.01. The van der Waals surface area contributed by atoms with Crippen LogP contribution in [0.1, 0.15) is 12.0 Å². The molecule has 0 heterocycles. The normalized spacial score (nSPS) is 10.0. The number of carbonyl (C=O) groups is 2. The number of hydrogen-bond acceptors (Lipinski definition) is 4. The van der Waals surface area contributed by atoms with Crippen molar-refractivity contribution >= 4 is 17.5 Å². The van der Waals surface area contributed by atoms with Crippen LogP contribution in [0.3, 0.4) is 0 Å². The number of amides is 2. The van der Waals surface area contributed by atoms with Gasteiger partial charge in [0.25, 0.3) is 0 Å². The number of hydrogen-bond donors (Lipinski definition) is 1. The Morgan fingerprint density at radius 2 is 1.74 bits per heavy atom. The lowest BCUT2D eigenvalue weighted by molar-refractivity contribution is -0.119. The number of methoxy groups -OCH3 is 2. The first kappa shape index (κ1) is 20.0. The van der Waals surface area contributed by atoms with E-state index in [1.54, 1.807) is 25.2 Å². The van der Waals surface area contributed by atoms with E-state index in [1.807, 2.05) is 42.5 Å². The molecule has 0 unspecified atom stereocenters. The fourth-order valence-electron chi connectivity index (χ4n) is 2.55. The molecule has 0 aromatic heterocycles. The zero-order valence-corrected chi connectivity index (χ0v) is 15.6. The van der Waals surface area contributed by atoms with E-state index < -0.39 is 0 Å². The van der Waals surface area contributed by atoms with E-state index in [0.717, 1.165) is 17.0 Å². The molecule has 2 amide bonds. The van der Waals surface area contributed by atoms with Crippen molar-refractivity contribution in [1.29, 1.82) is 0 Å². The molecule has 0 aliphatic carbocycles. The van der Waals surface area contributed by atoms with Crippen molar-refractivity contribution in [2.75, 3.05) is 25.7 Å². The van der Waals surface area contributed by atoms with Crippen molar-refractivity contribution in [2.24, 2.45) is 0 Å². The number of rotatable bonds is 9. The zero-order chi connectivity index (χ0) is 19.6. The van der Waals surface area contributed by atoms with Gasteiger partial charge in [0.15, 0.2) is 0 Å². The first-order valence-electron chi connectivity index (χ1n) is 8.55. The summed E-state index contributed by atoms with van der Waals surface area (Å²) in [6, 6.07) is 14.9. The lowest BCUT2D eigenvalue weighted by atomic mass is 10.1. The molecule has 6 heteroatoms. The highest BCUT2D eigenvalue weighted by Crippen LogP contribution is 2.24. The predicted molar refractivity (Wildman–Crippen MR) is 105 cm³/mol. The van der Waals surface area contributed by atoms with Crippen LogP contribution < -0.4 is 19.7 Å². The molecule has 6 nitrogen and oxygen atoms in total. The second-order valence-electron chi connectivity index (χ2n) is 5.78.